The van der Waals surface area contributed by atoms with Gasteiger partial charge in [-0.1, -0.05) is 60.1 Å². The number of hydrogen-bond acceptors (Lipinski definition) is 2. The van der Waals surface area contributed by atoms with Crippen LogP contribution in [0.1, 0.15) is 22.3 Å². The Morgan fingerprint density at radius 1 is 0.929 bits per heavy atom. The highest BCUT2D eigenvalue weighted by Gasteiger charge is 2.32. The molecule has 1 amide bonds. The molecule has 1 aliphatic heterocycles. The quantitative estimate of drug-likeness (QED) is 0.593. The van der Waals surface area contributed by atoms with E-state index in [9.17, 15) is 4.79 Å². The third-order valence-electron chi connectivity index (χ3n) is 5.21. The van der Waals surface area contributed by atoms with Crippen LogP contribution in [0.5, 0.6) is 0 Å². The number of rotatable bonds is 5. The molecule has 3 aromatic rings. The summed E-state index contributed by atoms with van der Waals surface area (Å²) >= 11 is 6.00. The number of likely N-dealkylation sites (tertiary alicyclic amines) is 1. The van der Waals surface area contributed by atoms with E-state index in [-0.39, 0.29) is 11.9 Å². The van der Waals surface area contributed by atoms with Gasteiger partial charge < -0.3 is 4.90 Å². The highest BCUT2D eigenvalue weighted by atomic mass is 35.5. The van der Waals surface area contributed by atoms with Gasteiger partial charge in [-0.05, 0) is 48.4 Å². The van der Waals surface area contributed by atoms with Crippen molar-refractivity contribution in [3.05, 3.63) is 101 Å². The van der Waals surface area contributed by atoms with Crippen molar-refractivity contribution in [2.75, 3.05) is 18.0 Å². The Hall–Kier alpha value is -2.62. The van der Waals surface area contributed by atoms with Gasteiger partial charge in [0.1, 0.15) is 0 Å². The molecule has 142 valence electrons. The maximum atomic E-state index is 13.4. The minimum Gasteiger partial charge on any atom is -0.304 e. The van der Waals surface area contributed by atoms with Gasteiger partial charge in [0.05, 0.1) is 6.04 Å². The van der Waals surface area contributed by atoms with Gasteiger partial charge in [-0.3, -0.25) is 9.69 Å². The van der Waals surface area contributed by atoms with Crippen LogP contribution in [0.4, 0.5) is 5.69 Å². The molecule has 0 radical (unpaired) electrons. The van der Waals surface area contributed by atoms with Crippen molar-refractivity contribution in [1.29, 1.82) is 0 Å². The van der Waals surface area contributed by atoms with Crippen molar-refractivity contribution in [3.63, 3.8) is 0 Å². The van der Waals surface area contributed by atoms with Gasteiger partial charge in [0.15, 0.2) is 0 Å². The summed E-state index contributed by atoms with van der Waals surface area (Å²) in [6, 6.07) is 27.7. The lowest BCUT2D eigenvalue weighted by atomic mass is 10.1. The average Bonchev–Trinajstić information content (AvgIpc) is 3.18. The Labute approximate surface area is 171 Å². The topological polar surface area (TPSA) is 23.6 Å². The molecular weight excluding hydrogens is 368 g/mol. The van der Waals surface area contributed by atoms with E-state index in [1.807, 2.05) is 41.3 Å². The smallest absolute Gasteiger partial charge is 0.258 e. The fourth-order valence-electron chi connectivity index (χ4n) is 3.82. The first-order chi connectivity index (χ1) is 13.7. The van der Waals surface area contributed by atoms with E-state index in [4.69, 9.17) is 11.6 Å². The number of carbonyl (C=O) groups excluding carboxylic acids is 1. The largest absolute Gasteiger partial charge is 0.304 e. The minimum atomic E-state index is 0.0226. The lowest BCUT2D eigenvalue weighted by molar-refractivity contribution is 0.0977. The molecular formula is C24H23ClN2O. The summed E-state index contributed by atoms with van der Waals surface area (Å²) in [6.45, 7) is 2.76. The van der Waals surface area contributed by atoms with Crippen LogP contribution in [0.3, 0.4) is 0 Å². The molecule has 3 nitrogen and oxygen atoms in total. The molecule has 4 heteroatoms. The number of carbonyl (C=O) groups is 1. The monoisotopic (exact) mass is 390 g/mol. The maximum absolute atomic E-state index is 13.4. The summed E-state index contributed by atoms with van der Waals surface area (Å²) in [6.07, 6.45) is 0.959. The highest BCUT2D eigenvalue weighted by molar-refractivity contribution is 6.30. The number of anilines is 1. The van der Waals surface area contributed by atoms with Gasteiger partial charge in [0.25, 0.3) is 5.91 Å². The minimum absolute atomic E-state index is 0.0226. The van der Waals surface area contributed by atoms with Crippen molar-refractivity contribution < 1.29 is 4.79 Å². The van der Waals surface area contributed by atoms with Crippen LogP contribution in [0.15, 0.2) is 84.9 Å². The van der Waals surface area contributed by atoms with Crippen molar-refractivity contribution in [1.82, 2.24) is 4.90 Å². The fraction of sp³-hybridized carbons (Fsp3) is 0.208. The van der Waals surface area contributed by atoms with Crippen LogP contribution in [-0.2, 0) is 6.54 Å². The summed E-state index contributed by atoms with van der Waals surface area (Å²) in [5, 5.41) is 0.637. The zero-order chi connectivity index (χ0) is 19.3. The average molecular weight is 391 g/mol. The third kappa shape index (κ3) is 4.27. The number of nitrogens with zero attached hydrogens (tertiary/aromatic N) is 2. The summed E-state index contributed by atoms with van der Waals surface area (Å²) in [4.78, 5) is 17.7. The van der Waals surface area contributed by atoms with Crippen LogP contribution in [-0.4, -0.2) is 29.9 Å². The van der Waals surface area contributed by atoms with E-state index < -0.39 is 0 Å². The second-order valence-electron chi connectivity index (χ2n) is 7.18. The molecule has 1 aliphatic rings. The van der Waals surface area contributed by atoms with Gasteiger partial charge in [-0.25, -0.2) is 0 Å². The molecule has 0 saturated carbocycles. The first kappa shape index (κ1) is 18.7. The molecule has 0 aliphatic carbocycles. The van der Waals surface area contributed by atoms with Crippen LogP contribution in [0.25, 0.3) is 0 Å². The van der Waals surface area contributed by atoms with Crippen LogP contribution in [0, 0.1) is 0 Å². The van der Waals surface area contributed by atoms with Crippen molar-refractivity contribution in [2.24, 2.45) is 0 Å². The molecule has 1 atom stereocenters. The molecule has 1 heterocycles. The van der Waals surface area contributed by atoms with E-state index in [0.29, 0.717) is 10.6 Å². The first-order valence-corrected chi connectivity index (χ1v) is 9.99. The van der Waals surface area contributed by atoms with Crippen LogP contribution < -0.4 is 4.90 Å². The molecule has 4 rings (SSSR count). The first-order valence-electron chi connectivity index (χ1n) is 9.61. The van der Waals surface area contributed by atoms with E-state index in [2.05, 4.69) is 29.2 Å². The van der Waals surface area contributed by atoms with Crippen molar-refractivity contribution >= 4 is 23.2 Å². The van der Waals surface area contributed by atoms with E-state index in [1.165, 1.54) is 5.56 Å². The van der Waals surface area contributed by atoms with Gasteiger partial charge >= 0.3 is 0 Å². The van der Waals surface area contributed by atoms with E-state index >= 15 is 0 Å². The normalized spacial score (nSPS) is 16.8. The predicted octanol–water partition coefficient (Wildman–Crippen LogP) is 5.26. The standard InChI is InChI=1S/C24H23ClN2O/c25-21-13-11-20(12-14-21)24(28)27(22-9-5-2-6-10-22)23-15-16-26(18-23)17-19-7-3-1-4-8-19/h1-14,23H,15-18H2. The summed E-state index contributed by atoms with van der Waals surface area (Å²) in [7, 11) is 0. The molecule has 0 N–H and O–H groups in total. The second-order valence-corrected chi connectivity index (χ2v) is 7.62. The SMILES string of the molecule is O=C(c1ccc(Cl)cc1)N(c1ccccc1)C1CCN(Cc2ccccc2)C1. The molecule has 1 saturated heterocycles. The van der Waals surface area contributed by atoms with Gasteiger partial charge in [-0.2, -0.15) is 0 Å². The Bertz CT molecular complexity index is 912. The Morgan fingerprint density at radius 3 is 2.25 bits per heavy atom. The van der Waals surface area contributed by atoms with E-state index in [1.54, 1.807) is 24.3 Å². The third-order valence-corrected chi connectivity index (χ3v) is 5.46. The number of hydrogen-bond donors (Lipinski definition) is 0. The summed E-state index contributed by atoms with van der Waals surface area (Å²) in [5.41, 5.74) is 2.90. The predicted molar refractivity (Wildman–Crippen MR) is 115 cm³/mol. The summed E-state index contributed by atoms with van der Waals surface area (Å²) < 4.78 is 0. The van der Waals surface area contributed by atoms with Crippen molar-refractivity contribution in [2.45, 2.75) is 19.0 Å². The van der Waals surface area contributed by atoms with Gasteiger partial charge in [0.2, 0.25) is 0 Å². The lowest BCUT2D eigenvalue weighted by Gasteiger charge is -2.29. The summed E-state index contributed by atoms with van der Waals surface area (Å²) in [5.74, 6) is 0.0226. The Kier molecular flexibility index (Phi) is 5.75. The number of benzene rings is 3. The Balaban J connectivity index is 1.56. The molecule has 0 spiro atoms. The molecule has 3 aromatic carbocycles. The van der Waals surface area contributed by atoms with Crippen molar-refractivity contribution in [3.8, 4) is 0 Å². The molecule has 0 bridgehead atoms. The van der Waals surface area contributed by atoms with Gasteiger partial charge in [0, 0.05) is 35.9 Å². The number of amides is 1. The molecule has 1 fully saturated rings. The lowest BCUT2D eigenvalue weighted by Crippen LogP contribution is -2.42. The Morgan fingerprint density at radius 2 is 1.57 bits per heavy atom. The van der Waals surface area contributed by atoms with Crippen LogP contribution in [0.2, 0.25) is 5.02 Å². The maximum Gasteiger partial charge on any atom is 0.258 e. The number of para-hydroxylation sites is 1. The fourth-order valence-corrected chi connectivity index (χ4v) is 3.95. The highest BCUT2D eigenvalue weighted by Crippen LogP contribution is 2.26. The zero-order valence-corrected chi connectivity index (χ0v) is 16.4. The number of halogens is 1. The van der Waals surface area contributed by atoms with E-state index in [0.717, 1.165) is 31.7 Å². The van der Waals surface area contributed by atoms with Gasteiger partial charge in [-0.15, -0.1) is 0 Å². The molecule has 0 aromatic heterocycles. The zero-order valence-electron chi connectivity index (χ0n) is 15.7. The second kappa shape index (κ2) is 8.59. The molecule has 1 unspecified atom stereocenters. The molecule has 28 heavy (non-hydrogen) atoms. The van der Waals surface area contributed by atoms with Crippen LogP contribution >= 0.6 is 11.6 Å².